The van der Waals surface area contributed by atoms with Crippen molar-refractivity contribution < 1.29 is 18.3 Å². The van der Waals surface area contributed by atoms with E-state index in [1.807, 2.05) is 4.72 Å². The standard InChI is InChI=1S/C7H6N2O4S2/c8-2-3-9-15(12,13)5-1-4-14-6(5)7(10)11/h1,4,9H,3H2,(H,10,11). The molecule has 1 heterocycles. The van der Waals surface area contributed by atoms with Crippen molar-refractivity contribution in [1.29, 1.82) is 5.26 Å². The van der Waals surface area contributed by atoms with E-state index in [9.17, 15) is 13.2 Å². The second-order valence-corrected chi connectivity index (χ2v) is 5.05. The molecule has 0 saturated carbocycles. The van der Waals surface area contributed by atoms with E-state index in [-0.39, 0.29) is 9.77 Å². The first kappa shape index (κ1) is 11.6. The van der Waals surface area contributed by atoms with Crippen LogP contribution in [-0.2, 0) is 10.0 Å². The zero-order valence-electron chi connectivity index (χ0n) is 7.30. The van der Waals surface area contributed by atoms with Crippen molar-refractivity contribution in [3.05, 3.63) is 16.3 Å². The van der Waals surface area contributed by atoms with Crippen LogP contribution in [0.2, 0.25) is 0 Å². The van der Waals surface area contributed by atoms with Crippen molar-refractivity contribution in [3.63, 3.8) is 0 Å². The smallest absolute Gasteiger partial charge is 0.347 e. The van der Waals surface area contributed by atoms with E-state index in [0.29, 0.717) is 0 Å². The van der Waals surface area contributed by atoms with Gasteiger partial charge in [-0.05, 0) is 11.4 Å². The number of aromatic carboxylic acids is 1. The lowest BCUT2D eigenvalue weighted by Gasteiger charge is -2.01. The molecule has 0 aromatic carbocycles. The van der Waals surface area contributed by atoms with Crippen LogP contribution in [0.15, 0.2) is 16.3 Å². The van der Waals surface area contributed by atoms with Crippen LogP contribution in [0.4, 0.5) is 0 Å². The fraction of sp³-hybridized carbons (Fsp3) is 0.143. The van der Waals surface area contributed by atoms with Gasteiger partial charge < -0.3 is 5.11 Å². The Kier molecular flexibility index (Phi) is 3.41. The fourth-order valence-electron chi connectivity index (χ4n) is 0.870. The molecule has 1 aromatic heterocycles. The molecule has 8 heteroatoms. The highest BCUT2D eigenvalue weighted by atomic mass is 32.2. The lowest BCUT2D eigenvalue weighted by Crippen LogP contribution is -2.24. The lowest BCUT2D eigenvalue weighted by atomic mass is 10.5. The first-order valence-corrected chi connectivity index (χ1v) is 6.02. The van der Waals surface area contributed by atoms with E-state index >= 15 is 0 Å². The molecule has 6 nitrogen and oxygen atoms in total. The molecule has 0 aliphatic rings. The van der Waals surface area contributed by atoms with Crippen molar-refractivity contribution in [3.8, 4) is 6.07 Å². The maximum absolute atomic E-state index is 11.5. The predicted octanol–water partition coefficient (Wildman–Crippen LogP) is 0.248. The Labute approximate surface area is 89.8 Å². The Bertz CT molecular complexity index is 511. The van der Waals surface area contributed by atoms with Gasteiger partial charge in [0.2, 0.25) is 10.0 Å². The zero-order chi connectivity index (χ0) is 11.5. The maximum Gasteiger partial charge on any atom is 0.347 e. The molecule has 0 unspecified atom stereocenters. The van der Waals surface area contributed by atoms with Crippen LogP contribution in [0.25, 0.3) is 0 Å². The minimum absolute atomic E-state index is 0.263. The van der Waals surface area contributed by atoms with Crippen molar-refractivity contribution in [1.82, 2.24) is 4.72 Å². The second kappa shape index (κ2) is 4.39. The number of rotatable bonds is 4. The molecule has 0 fully saturated rings. The van der Waals surface area contributed by atoms with Crippen LogP contribution in [-0.4, -0.2) is 26.0 Å². The van der Waals surface area contributed by atoms with Gasteiger partial charge >= 0.3 is 5.97 Å². The summed E-state index contributed by atoms with van der Waals surface area (Å²) in [5.74, 6) is -1.30. The van der Waals surface area contributed by atoms with Crippen molar-refractivity contribution in [2.24, 2.45) is 0 Å². The van der Waals surface area contributed by atoms with Gasteiger partial charge in [-0.1, -0.05) is 0 Å². The predicted molar refractivity (Wildman–Crippen MR) is 52.1 cm³/mol. The molecule has 0 spiro atoms. The molecule has 0 aliphatic carbocycles. The highest BCUT2D eigenvalue weighted by Gasteiger charge is 2.23. The molecule has 1 rings (SSSR count). The van der Waals surface area contributed by atoms with Gasteiger partial charge in [-0.2, -0.15) is 9.98 Å². The van der Waals surface area contributed by atoms with E-state index in [4.69, 9.17) is 10.4 Å². The Morgan fingerprint density at radius 1 is 1.67 bits per heavy atom. The monoisotopic (exact) mass is 246 g/mol. The van der Waals surface area contributed by atoms with E-state index in [2.05, 4.69) is 0 Å². The quantitative estimate of drug-likeness (QED) is 0.740. The van der Waals surface area contributed by atoms with Gasteiger partial charge in [0.25, 0.3) is 0 Å². The van der Waals surface area contributed by atoms with Gasteiger partial charge in [-0.25, -0.2) is 13.2 Å². The summed E-state index contributed by atoms with van der Waals surface area (Å²) in [7, 11) is -3.90. The maximum atomic E-state index is 11.5. The van der Waals surface area contributed by atoms with Gasteiger partial charge in [0.1, 0.15) is 9.77 Å². The average molecular weight is 246 g/mol. The first-order chi connectivity index (χ1) is 6.99. The van der Waals surface area contributed by atoms with E-state index in [1.165, 1.54) is 11.4 Å². The Morgan fingerprint density at radius 2 is 2.33 bits per heavy atom. The second-order valence-electron chi connectivity index (χ2n) is 2.40. The summed E-state index contributed by atoms with van der Waals surface area (Å²) in [6.07, 6.45) is 0. The average Bonchev–Trinajstić information content (AvgIpc) is 2.63. The number of nitrogens with one attached hydrogen (secondary N) is 1. The number of carboxylic acid groups (broad SMARTS) is 1. The molecule has 1 aromatic rings. The number of carboxylic acids is 1. The topological polar surface area (TPSA) is 107 Å². The molecular formula is C7H6N2O4S2. The van der Waals surface area contributed by atoms with Gasteiger partial charge in [-0.15, -0.1) is 11.3 Å². The van der Waals surface area contributed by atoms with E-state index in [1.54, 1.807) is 6.07 Å². The molecule has 0 saturated heterocycles. The van der Waals surface area contributed by atoms with Gasteiger partial charge in [0, 0.05) is 0 Å². The number of nitriles is 1. The third kappa shape index (κ3) is 2.53. The molecule has 80 valence electrons. The largest absolute Gasteiger partial charge is 0.477 e. The van der Waals surface area contributed by atoms with E-state index < -0.39 is 22.5 Å². The highest BCUT2D eigenvalue weighted by Crippen LogP contribution is 2.21. The minimum Gasteiger partial charge on any atom is -0.477 e. The molecule has 0 atom stereocenters. The fourth-order valence-corrected chi connectivity index (χ4v) is 3.04. The molecule has 0 radical (unpaired) electrons. The number of nitrogens with zero attached hydrogens (tertiary/aromatic N) is 1. The third-order valence-electron chi connectivity index (χ3n) is 1.45. The van der Waals surface area contributed by atoms with Gasteiger partial charge in [-0.3, -0.25) is 0 Å². The Balaban J connectivity index is 3.11. The summed E-state index contributed by atoms with van der Waals surface area (Å²) >= 11 is 0.816. The molecule has 0 aliphatic heterocycles. The summed E-state index contributed by atoms with van der Waals surface area (Å²) in [6.45, 7) is -0.392. The zero-order valence-corrected chi connectivity index (χ0v) is 8.93. The Hall–Kier alpha value is -1.43. The summed E-state index contributed by atoms with van der Waals surface area (Å²) < 4.78 is 24.9. The Morgan fingerprint density at radius 3 is 2.87 bits per heavy atom. The molecule has 15 heavy (non-hydrogen) atoms. The third-order valence-corrected chi connectivity index (χ3v) is 3.93. The number of hydrogen-bond donors (Lipinski definition) is 2. The highest BCUT2D eigenvalue weighted by molar-refractivity contribution is 7.89. The van der Waals surface area contributed by atoms with Crippen LogP contribution in [0, 0.1) is 11.3 Å². The van der Waals surface area contributed by atoms with Gasteiger partial charge in [0.05, 0.1) is 12.6 Å². The van der Waals surface area contributed by atoms with Crippen LogP contribution < -0.4 is 4.72 Å². The summed E-state index contributed by atoms with van der Waals surface area (Å²) in [5, 5.41) is 18.3. The first-order valence-electron chi connectivity index (χ1n) is 3.66. The number of carbonyl (C=O) groups is 1. The summed E-state index contributed by atoms with van der Waals surface area (Å²) in [4.78, 5) is 10.1. The number of sulfonamides is 1. The van der Waals surface area contributed by atoms with E-state index in [0.717, 1.165) is 11.3 Å². The van der Waals surface area contributed by atoms with Crippen molar-refractivity contribution >= 4 is 27.3 Å². The van der Waals surface area contributed by atoms with Crippen LogP contribution >= 0.6 is 11.3 Å². The summed E-state index contributed by atoms with van der Waals surface area (Å²) in [5.41, 5.74) is 0. The molecule has 0 amide bonds. The van der Waals surface area contributed by atoms with Crippen molar-refractivity contribution in [2.45, 2.75) is 4.90 Å². The number of hydrogen-bond acceptors (Lipinski definition) is 5. The van der Waals surface area contributed by atoms with Crippen LogP contribution in [0.5, 0.6) is 0 Å². The molecule has 0 bridgehead atoms. The minimum atomic E-state index is -3.90. The lowest BCUT2D eigenvalue weighted by molar-refractivity contribution is 0.0698. The van der Waals surface area contributed by atoms with Crippen LogP contribution in [0.3, 0.4) is 0 Å². The molecule has 2 N–H and O–H groups in total. The van der Waals surface area contributed by atoms with Gasteiger partial charge in [0.15, 0.2) is 0 Å². The normalized spacial score (nSPS) is 10.9. The number of thiophene rings is 1. The van der Waals surface area contributed by atoms with Crippen molar-refractivity contribution in [2.75, 3.05) is 6.54 Å². The SMILES string of the molecule is N#CCNS(=O)(=O)c1ccsc1C(=O)O. The molecular weight excluding hydrogens is 240 g/mol. The summed E-state index contributed by atoms with van der Waals surface area (Å²) in [6, 6.07) is 2.79. The van der Waals surface area contributed by atoms with Crippen LogP contribution in [0.1, 0.15) is 9.67 Å².